The number of hydrogen-bond donors (Lipinski definition) is 4. The van der Waals surface area contributed by atoms with Crippen molar-refractivity contribution in [3.63, 3.8) is 0 Å². The first-order valence-electron chi connectivity index (χ1n) is 12.8. The van der Waals surface area contributed by atoms with Crippen molar-refractivity contribution in [2.24, 2.45) is 0 Å². The summed E-state index contributed by atoms with van der Waals surface area (Å²) in [4.78, 5) is 4.48. The summed E-state index contributed by atoms with van der Waals surface area (Å²) in [6.45, 7) is 12.1. The van der Waals surface area contributed by atoms with Crippen LogP contribution in [0.5, 0.6) is 5.75 Å². The fourth-order valence-electron chi connectivity index (χ4n) is 5.96. The number of likely N-dealkylation sites (N-methyl/N-ethyl adjacent to an activating group) is 1. The van der Waals surface area contributed by atoms with Crippen LogP contribution in [-0.4, -0.2) is 63.7 Å². The number of aromatic hydroxyl groups is 1. The number of likely N-dealkylation sites (tertiary alicyclic amines) is 1. The number of piperidine rings is 1. The van der Waals surface area contributed by atoms with Crippen molar-refractivity contribution in [3.05, 3.63) is 53.6 Å². The van der Waals surface area contributed by atoms with Crippen LogP contribution >= 0.6 is 0 Å². The van der Waals surface area contributed by atoms with Gasteiger partial charge in [-0.25, -0.2) is 0 Å². The topological polar surface area (TPSA) is 86.4 Å². The highest BCUT2D eigenvalue weighted by atomic mass is 16.3. The van der Waals surface area contributed by atoms with Gasteiger partial charge in [-0.3, -0.25) is 10.3 Å². The maximum Gasteiger partial charge on any atom is 0.125 e. The lowest BCUT2D eigenvalue weighted by Crippen LogP contribution is -2.62. The lowest BCUT2D eigenvalue weighted by atomic mass is 9.79. The molecule has 2 aliphatic rings. The second-order valence-corrected chi connectivity index (χ2v) is 11.7. The van der Waals surface area contributed by atoms with E-state index in [0.29, 0.717) is 11.4 Å². The summed E-state index contributed by atoms with van der Waals surface area (Å²) in [5.74, 6) is 0.479. The quantitative estimate of drug-likeness (QED) is 0.338. The van der Waals surface area contributed by atoms with E-state index in [2.05, 4.69) is 56.1 Å². The van der Waals surface area contributed by atoms with Crippen LogP contribution in [0.4, 0.5) is 0 Å². The molecule has 0 spiro atoms. The first-order valence-corrected chi connectivity index (χ1v) is 12.8. The Morgan fingerprint density at radius 1 is 1.03 bits per heavy atom. The molecular weight excluding hydrogens is 434 g/mol. The molecule has 2 heterocycles. The van der Waals surface area contributed by atoms with E-state index in [-0.39, 0.29) is 28.6 Å². The summed E-state index contributed by atoms with van der Waals surface area (Å²) in [5.41, 5.74) is 1.95. The van der Waals surface area contributed by atoms with Gasteiger partial charge in [0.1, 0.15) is 11.6 Å². The Morgan fingerprint density at radius 3 is 2.34 bits per heavy atom. The number of hydrogen-bond acceptors (Lipinski definition) is 5. The van der Waals surface area contributed by atoms with Crippen molar-refractivity contribution < 1.29 is 5.11 Å². The number of phenols is 1. The second kappa shape index (κ2) is 9.75. The van der Waals surface area contributed by atoms with Gasteiger partial charge >= 0.3 is 0 Å². The molecule has 0 unspecified atom stereocenters. The molecule has 2 saturated heterocycles. The molecule has 0 saturated carbocycles. The summed E-state index contributed by atoms with van der Waals surface area (Å²) >= 11 is 0. The molecule has 0 aromatic heterocycles. The SMILES string of the molecule is CN(C(=N)/C=C\C(=N)c1cc2ccc(CN3CCCC3)cc2cc1O)C1CC(C)(C)NC(C)(C)C1. The van der Waals surface area contributed by atoms with E-state index >= 15 is 0 Å². The van der Waals surface area contributed by atoms with E-state index in [0.717, 1.165) is 43.2 Å². The second-order valence-electron chi connectivity index (χ2n) is 11.7. The van der Waals surface area contributed by atoms with Gasteiger partial charge in [0, 0.05) is 36.3 Å². The maximum atomic E-state index is 10.7. The molecule has 4 N–H and O–H groups in total. The minimum absolute atomic E-state index is 0.00258. The van der Waals surface area contributed by atoms with Gasteiger partial charge in [0.25, 0.3) is 0 Å². The van der Waals surface area contributed by atoms with Gasteiger partial charge in [-0.1, -0.05) is 12.1 Å². The number of allylic oxidation sites excluding steroid dienone is 1. The van der Waals surface area contributed by atoms with Crippen molar-refractivity contribution in [2.45, 2.75) is 77.0 Å². The molecule has 35 heavy (non-hydrogen) atoms. The molecule has 4 rings (SSSR count). The number of benzene rings is 2. The summed E-state index contributed by atoms with van der Waals surface area (Å²) in [7, 11) is 1.96. The first kappa shape index (κ1) is 25.4. The van der Waals surface area contributed by atoms with Gasteiger partial charge in [0.2, 0.25) is 0 Å². The molecule has 2 aliphatic heterocycles. The third-order valence-corrected chi connectivity index (χ3v) is 7.42. The lowest BCUT2D eigenvalue weighted by molar-refractivity contribution is 0.114. The summed E-state index contributed by atoms with van der Waals surface area (Å²) < 4.78 is 0. The number of rotatable bonds is 6. The Hall–Kier alpha value is -2.70. The zero-order chi connectivity index (χ0) is 25.4. The molecule has 0 atom stereocenters. The van der Waals surface area contributed by atoms with Crippen LogP contribution in [0.1, 0.15) is 64.5 Å². The Labute approximate surface area is 210 Å². The molecule has 188 valence electrons. The van der Waals surface area contributed by atoms with Gasteiger partial charge in [-0.15, -0.1) is 0 Å². The Kier molecular flexibility index (Phi) is 7.07. The van der Waals surface area contributed by atoms with E-state index in [9.17, 15) is 5.11 Å². The van der Waals surface area contributed by atoms with Crippen molar-refractivity contribution >= 4 is 22.3 Å². The van der Waals surface area contributed by atoms with E-state index in [4.69, 9.17) is 10.8 Å². The zero-order valence-electron chi connectivity index (χ0n) is 21.9. The summed E-state index contributed by atoms with van der Waals surface area (Å²) in [6, 6.07) is 10.3. The highest BCUT2D eigenvalue weighted by Gasteiger charge is 2.39. The number of nitrogens with zero attached hydrogens (tertiary/aromatic N) is 2. The van der Waals surface area contributed by atoms with Crippen molar-refractivity contribution in [2.75, 3.05) is 20.1 Å². The van der Waals surface area contributed by atoms with Crippen LogP contribution in [0.3, 0.4) is 0 Å². The molecule has 2 fully saturated rings. The minimum atomic E-state index is 0.00258. The van der Waals surface area contributed by atoms with Crippen molar-refractivity contribution in [1.82, 2.24) is 15.1 Å². The fraction of sp³-hybridized carbons (Fsp3) is 0.517. The molecule has 6 nitrogen and oxygen atoms in total. The minimum Gasteiger partial charge on any atom is -0.507 e. The molecule has 6 heteroatoms. The standard InChI is InChI=1S/C29H41N5O/c1-28(2)17-23(18-29(3,4)32-28)33(5)27(31)11-10-25(30)24-15-21-9-8-20(14-22(21)16-26(24)35)19-34-12-6-7-13-34/h8-11,14-16,23,30-32,35H,6-7,12-13,17-19H2,1-5H3/b11-10-,30-25?,31-27?. The normalized spacial score (nSPS) is 20.5. The first-order chi connectivity index (χ1) is 16.4. The van der Waals surface area contributed by atoms with Gasteiger partial charge < -0.3 is 20.7 Å². The molecule has 0 aliphatic carbocycles. The Bertz CT molecular complexity index is 1130. The van der Waals surface area contributed by atoms with Gasteiger partial charge in [0.15, 0.2) is 0 Å². The van der Waals surface area contributed by atoms with Gasteiger partial charge in [-0.05, 0) is 113 Å². The van der Waals surface area contributed by atoms with Crippen LogP contribution in [0.25, 0.3) is 10.8 Å². The van der Waals surface area contributed by atoms with E-state index in [1.165, 1.54) is 18.4 Å². The van der Waals surface area contributed by atoms with Crippen LogP contribution in [0.2, 0.25) is 0 Å². The van der Waals surface area contributed by atoms with Crippen LogP contribution in [0.15, 0.2) is 42.5 Å². The number of nitrogens with one attached hydrogen (secondary N) is 3. The average Bonchev–Trinajstić information content (AvgIpc) is 3.27. The van der Waals surface area contributed by atoms with Gasteiger partial charge in [0.05, 0.1) is 5.71 Å². The summed E-state index contributed by atoms with van der Waals surface area (Å²) in [6.07, 6.45) is 7.74. The molecular formula is C29H41N5O. The fourth-order valence-corrected chi connectivity index (χ4v) is 5.96. The zero-order valence-corrected chi connectivity index (χ0v) is 21.9. The van der Waals surface area contributed by atoms with Crippen LogP contribution in [-0.2, 0) is 6.54 Å². The summed E-state index contributed by atoms with van der Waals surface area (Å²) in [5, 5.41) is 33.5. The molecule has 2 aromatic rings. The average molecular weight is 476 g/mol. The van der Waals surface area contributed by atoms with E-state index in [1.807, 2.05) is 18.0 Å². The molecule has 0 radical (unpaired) electrons. The van der Waals surface area contributed by atoms with E-state index < -0.39 is 0 Å². The van der Waals surface area contributed by atoms with Crippen molar-refractivity contribution in [3.8, 4) is 5.75 Å². The molecule has 2 aromatic carbocycles. The Morgan fingerprint density at radius 2 is 1.69 bits per heavy atom. The highest BCUT2D eigenvalue weighted by molar-refractivity contribution is 6.12. The lowest BCUT2D eigenvalue weighted by Gasteiger charge is -2.49. The number of phenolic OH excluding ortho intramolecular Hbond substituents is 1. The van der Waals surface area contributed by atoms with Crippen molar-refractivity contribution in [1.29, 1.82) is 10.8 Å². The third kappa shape index (κ3) is 6.11. The number of amidine groups is 1. The maximum absolute atomic E-state index is 10.7. The van der Waals surface area contributed by atoms with E-state index in [1.54, 1.807) is 18.2 Å². The predicted octanol–water partition coefficient (Wildman–Crippen LogP) is 5.28. The molecule has 0 bridgehead atoms. The largest absolute Gasteiger partial charge is 0.507 e. The van der Waals surface area contributed by atoms with Gasteiger partial charge in [-0.2, -0.15) is 0 Å². The third-order valence-electron chi connectivity index (χ3n) is 7.42. The predicted molar refractivity (Wildman–Crippen MR) is 146 cm³/mol. The Balaban J connectivity index is 1.45. The van der Waals surface area contributed by atoms with Crippen LogP contribution < -0.4 is 5.32 Å². The monoisotopic (exact) mass is 475 g/mol. The smallest absolute Gasteiger partial charge is 0.125 e. The number of fused-ring (bicyclic) bond motifs is 1. The highest BCUT2D eigenvalue weighted by Crippen LogP contribution is 2.31. The molecule has 0 amide bonds. The van der Waals surface area contributed by atoms with Crippen LogP contribution in [0, 0.1) is 10.8 Å².